The fourth-order valence-corrected chi connectivity index (χ4v) is 3.47. The highest BCUT2D eigenvalue weighted by molar-refractivity contribution is 6.30. The van der Waals surface area contributed by atoms with Crippen LogP contribution in [-0.4, -0.2) is 62.1 Å². The number of hydrogen-bond donors (Lipinski definition) is 0. The summed E-state index contributed by atoms with van der Waals surface area (Å²) in [6.45, 7) is 1.19. The second kappa shape index (κ2) is 9.89. The van der Waals surface area contributed by atoms with Gasteiger partial charge in [0, 0.05) is 50.5 Å². The molecule has 3 rings (SSSR count). The quantitative estimate of drug-likeness (QED) is 0.680. The maximum Gasteiger partial charge on any atom is 0.387 e. The predicted molar refractivity (Wildman–Crippen MR) is 110 cm³/mol. The summed E-state index contributed by atoms with van der Waals surface area (Å²) in [6.07, 6.45) is 0. The van der Waals surface area contributed by atoms with E-state index in [1.165, 1.54) is 12.1 Å². The summed E-state index contributed by atoms with van der Waals surface area (Å²) in [5.74, 6) is 0.129. The van der Waals surface area contributed by atoms with Crippen LogP contribution in [0.15, 0.2) is 48.5 Å². The Balaban J connectivity index is 1.45. The van der Waals surface area contributed by atoms with Crippen LogP contribution in [0.4, 0.5) is 14.5 Å². The molecule has 0 bridgehead atoms. The van der Waals surface area contributed by atoms with E-state index in [4.69, 9.17) is 11.6 Å². The SMILES string of the molecule is CN(Cc1ccc(OC(F)F)cc1)C(=O)CN1CCN(c2cccc(Cl)c2)CC1. The highest BCUT2D eigenvalue weighted by Gasteiger charge is 2.21. The lowest BCUT2D eigenvalue weighted by atomic mass is 10.2. The number of nitrogens with zero attached hydrogens (tertiary/aromatic N) is 3. The van der Waals surface area contributed by atoms with Crippen LogP contribution in [0.2, 0.25) is 5.02 Å². The van der Waals surface area contributed by atoms with Gasteiger partial charge in [-0.3, -0.25) is 9.69 Å². The summed E-state index contributed by atoms with van der Waals surface area (Å²) in [4.78, 5) is 18.6. The minimum atomic E-state index is -2.84. The number of likely N-dealkylation sites (N-methyl/N-ethyl adjacent to an activating group) is 1. The lowest BCUT2D eigenvalue weighted by Gasteiger charge is -2.36. The maximum absolute atomic E-state index is 12.6. The van der Waals surface area contributed by atoms with Crippen molar-refractivity contribution in [1.29, 1.82) is 0 Å². The molecular weight excluding hydrogens is 400 g/mol. The van der Waals surface area contributed by atoms with Gasteiger partial charge in [-0.15, -0.1) is 0 Å². The number of carbonyl (C=O) groups excluding carboxylic acids is 1. The largest absolute Gasteiger partial charge is 0.435 e. The molecular formula is C21H24ClF2N3O2. The van der Waals surface area contributed by atoms with E-state index in [9.17, 15) is 13.6 Å². The van der Waals surface area contributed by atoms with Crippen LogP contribution < -0.4 is 9.64 Å². The second-order valence-corrected chi connectivity index (χ2v) is 7.45. The highest BCUT2D eigenvalue weighted by atomic mass is 35.5. The molecule has 29 heavy (non-hydrogen) atoms. The standard InChI is InChI=1S/C21H24ClF2N3O2/c1-25(14-16-5-7-19(8-6-16)29-21(23)24)20(28)15-26-9-11-27(12-10-26)18-4-2-3-17(22)13-18/h2-8,13,21H,9-12,14-15H2,1H3. The Hall–Kier alpha value is -2.38. The zero-order valence-corrected chi connectivity index (χ0v) is 17.0. The summed E-state index contributed by atoms with van der Waals surface area (Å²) in [5.41, 5.74) is 1.95. The lowest BCUT2D eigenvalue weighted by molar-refractivity contribution is -0.131. The van der Waals surface area contributed by atoms with Gasteiger partial charge in [-0.2, -0.15) is 8.78 Å². The molecule has 0 spiro atoms. The molecule has 0 radical (unpaired) electrons. The van der Waals surface area contributed by atoms with Crippen LogP contribution in [0.5, 0.6) is 5.75 Å². The van der Waals surface area contributed by atoms with E-state index in [2.05, 4.69) is 14.5 Å². The van der Waals surface area contributed by atoms with Crippen molar-refractivity contribution in [3.8, 4) is 5.75 Å². The Morgan fingerprint density at radius 3 is 2.45 bits per heavy atom. The molecule has 5 nitrogen and oxygen atoms in total. The Kier molecular flexibility index (Phi) is 7.28. The van der Waals surface area contributed by atoms with E-state index in [1.807, 2.05) is 24.3 Å². The Morgan fingerprint density at radius 1 is 1.14 bits per heavy atom. The molecule has 0 atom stereocenters. The average Bonchev–Trinajstić information content (AvgIpc) is 2.69. The average molecular weight is 424 g/mol. The molecule has 0 aliphatic carbocycles. The molecule has 156 valence electrons. The van der Waals surface area contributed by atoms with Gasteiger partial charge in [0.1, 0.15) is 5.75 Å². The molecule has 0 aromatic heterocycles. The number of benzene rings is 2. The maximum atomic E-state index is 12.6. The van der Waals surface area contributed by atoms with E-state index < -0.39 is 6.61 Å². The molecule has 1 aliphatic rings. The van der Waals surface area contributed by atoms with E-state index in [0.717, 1.165) is 42.5 Å². The van der Waals surface area contributed by atoms with Crippen molar-refractivity contribution in [2.24, 2.45) is 0 Å². The van der Waals surface area contributed by atoms with Gasteiger partial charge in [-0.05, 0) is 35.9 Å². The molecule has 0 saturated carbocycles. The molecule has 2 aromatic rings. The van der Waals surface area contributed by atoms with Crippen molar-refractivity contribution in [1.82, 2.24) is 9.80 Å². The van der Waals surface area contributed by atoms with Crippen molar-refractivity contribution in [2.45, 2.75) is 13.2 Å². The third-order valence-electron chi connectivity index (χ3n) is 4.90. The van der Waals surface area contributed by atoms with Crippen LogP contribution in [-0.2, 0) is 11.3 Å². The minimum absolute atomic E-state index is 0.0223. The molecule has 8 heteroatoms. The summed E-state index contributed by atoms with van der Waals surface area (Å²) < 4.78 is 28.8. The third-order valence-corrected chi connectivity index (χ3v) is 5.13. The number of hydrogen-bond acceptors (Lipinski definition) is 4. The first-order chi connectivity index (χ1) is 13.9. The van der Waals surface area contributed by atoms with Gasteiger partial charge >= 0.3 is 6.61 Å². The van der Waals surface area contributed by atoms with Crippen molar-refractivity contribution in [3.63, 3.8) is 0 Å². The van der Waals surface area contributed by atoms with E-state index in [0.29, 0.717) is 13.1 Å². The zero-order chi connectivity index (χ0) is 20.8. The smallest absolute Gasteiger partial charge is 0.387 e. The van der Waals surface area contributed by atoms with Crippen LogP contribution in [0.25, 0.3) is 0 Å². The Morgan fingerprint density at radius 2 is 1.83 bits per heavy atom. The number of carbonyl (C=O) groups is 1. The molecule has 2 aromatic carbocycles. The number of ether oxygens (including phenoxy) is 1. The van der Waals surface area contributed by atoms with Gasteiger partial charge in [0.25, 0.3) is 0 Å². The second-order valence-electron chi connectivity index (χ2n) is 7.02. The fourth-order valence-electron chi connectivity index (χ4n) is 3.29. The van der Waals surface area contributed by atoms with Crippen LogP contribution >= 0.6 is 11.6 Å². The van der Waals surface area contributed by atoms with E-state index >= 15 is 0 Å². The summed E-state index contributed by atoms with van der Waals surface area (Å²) in [6, 6.07) is 14.1. The van der Waals surface area contributed by atoms with Gasteiger partial charge in [-0.1, -0.05) is 29.8 Å². The van der Waals surface area contributed by atoms with Crippen molar-refractivity contribution in [3.05, 3.63) is 59.1 Å². The summed E-state index contributed by atoms with van der Waals surface area (Å²) in [7, 11) is 1.74. The predicted octanol–water partition coefficient (Wildman–Crippen LogP) is 3.72. The number of rotatable bonds is 7. The van der Waals surface area contributed by atoms with Gasteiger partial charge in [0.05, 0.1) is 6.54 Å². The number of amides is 1. The number of piperazine rings is 1. The van der Waals surface area contributed by atoms with Crippen LogP contribution in [0.3, 0.4) is 0 Å². The van der Waals surface area contributed by atoms with Gasteiger partial charge in [0.15, 0.2) is 0 Å². The minimum Gasteiger partial charge on any atom is -0.435 e. The normalized spacial score (nSPS) is 14.9. The first kappa shape index (κ1) is 21.3. The highest BCUT2D eigenvalue weighted by Crippen LogP contribution is 2.21. The van der Waals surface area contributed by atoms with Crippen molar-refractivity contribution in [2.75, 3.05) is 44.7 Å². The third kappa shape index (κ3) is 6.30. The molecule has 1 heterocycles. The first-order valence-electron chi connectivity index (χ1n) is 9.41. The number of alkyl halides is 2. The monoisotopic (exact) mass is 423 g/mol. The Bertz CT molecular complexity index is 812. The van der Waals surface area contributed by atoms with Crippen LogP contribution in [0.1, 0.15) is 5.56 Å². The lowest BCUT2D eigenvalue weighted by Crippen LogP contribution is -2.49. The molecule has 1 saturated heterocycles. The molecule has 1 aliphatic heterocycles. The molecule has 0 unspecified atom stereocenters. The van der Waals surface area contributed by atoms with Crippen LogP contribution in [0, 0.1) is 0 Å². The zero-order valence-electron chi connectivity index (χ0n) is 16.2. The number of halogens is 3. The molecule has 1 fully saturated rings. The summed E-state index contributed by atoms with van der Waals surface area (Å²) in [5, 5.41) is 0.718. The molecule has 1 amide bonds. The van der Waals surface area contributed by atoms with Gasteiger partial charge < -0.3 is 14.5 Å². The topological polar surface area (TPSA) is 36.0 Å². The number of anilines is 1. The fraction of sp³-hybridized carbons (Fsp3) is 0.381. The van der Waals surface area contributed by atoms with E-state index in [-0.39, 0.29) is 11.7 Å². The molecule has 0 N–H and O–H groups in total. The van der Waals surface area contributed by atoms with E-state index in [1.54, 1.807) is 24.1 Å². The summed E-state index contributed by atoms with van der Waals surface area (Å²) >= 11 is 6.07. The van der Waals surface area contributed by atoms with Crippen molar-refractivity contribution < 1.29 is 18.3 Å². The van der Waals surface area contributed by atoms with Gasteiger partial charge in [0.2, 0.25) is 5.91 Å². The first-order valence-corrected chi connectivity index (χ1v) is 9.79. The Labute approximate surface area is 174 Å². The van der Waals surface area contributed by atoms with Gasteiger partial charge in [-0.25, -0.2) is 0 Å². The van der Waals surface area contributed by atoms with Crippen molar-refractivity contribution >= 4 is 23.2 Å².